The molecule has 1 saturated heterocycles. The van der Waals surface area contributed by atoms with Gasteiger partial charge in [0.2, 0.25) is 5.91 Å². The molecule has 8 heteroatoms. The Morgan fingerprint density at radius 1 is 1.23 bits per heavy atom. The molecule has 2 aromatic rings. The lowest BCUT2D eigenvalue weighted by atomic mass is 10.2. The van der Waals surface area contributed by atoms with Crippen LogP contribution in [0.1, 0.15) is 39.3 Å². The SMILES string of the molecule is CC(C)(C)OC(=O)N[C@@H]1CN(C(=O)CCCNCc2ccc3ccccc3n2)CCS1. The van der Waals surface area contributed by atoms with E-state index in [0.29, 0.717) is 26.1 Å². The van der Waals surface area contributed by atoms with Crippen LogP contribution in [0.25, 0.3) is 10.9 Å². The molecule has 0 spiro atoms. The Hall–Kier alpha value is -2.32. The molecule has 31 heavy (non-hydrogen) atoms. The van der Waals surface area contributed by atoms with Gasteiger partial charge in [0.1, 0.15) is 5.60 Å². The third kappa shape index (κ3) is 7.70. The van der Waals surface area contributed by atoms with Crippen molar-refractivity contribution < 1.29 is 14.3 Å². The first kappa shape index (κ1) is 23.3. The topological polar surface area (TPSA) is 83.6 Å². The Labute approximate surface area is 188 Å². The normalized spacial score (nSPS) is 16.9. The van der Waals surface area contributed by atoms with Gasteiger partial charge in [0.15, 0.2) is 0 Å². The molecule has 1 fully saturated rings. The van der Waals surface area contributed by atoms with Crippen LogP contribution in [0.2, 0.25) is 0 Å². The summed E-state index contributed by atoms with van der Waals surface area (Å²) in [4.78, 5) is 31.0. The Morgan fingerprint density at radius 3 is 2.84 bits per heavy atom. The first-order valence-electron chi connectivity index (χ1n) is 10.7. The number of aromatic nitrogens is 1. The Kier molecular flexibility index (Phi) is 8.15. The maximum Gasteiger partial charge on any atom is 0.408 e. The molecule has 2 amide bonds. The minimum absolute atomic E-state index is 0.127. The smallest absolute Gasteiger partial charge is 0.408 e. The second-order valence-electron chi connectivity index (χ2n) is 8.62. The molecule has 0 bridgehead atoms. The lowest BCUT2D eigenvalue weighted by molar-refractivity contribution is -0.131. The number of carbonyl (C=O) groups excluding carboxylic acids is 2. The number of ether oxygens (including phenoxy) is 1. The van der Waals surface area contributed by atoms with Gasteiger partial charge in [0.25, 0.3) is 0 Å². The molecule has 1 aliphatic heterocycles. The molecule has 0 saturated carbocycles. The lowest BCUT2D eigenvalue weighted by Crippen LogP contribution is -2.49. The van der Waals surface area contributed by atoms with E-state index in [0.717, 1.165) is 35.3 Å². The average molecular weight is 445 g/mol. The summed E-state index contributed by atoms with van der Waals surface area (Å²) in [5.41, 5.74) is 1.46. The van der Waals surface area contributed by atoms with Crippen LogP contribution in [0.4, 0.5) is 4.79 Å². The van der Waals surface area contributed by atoms with Crippen molar-refractivity contribution in [2.45, 2.75) is 51.1 Å². The second-order valence-corrected chi connectivity index (χ2v) is 9.93. The van der Waals surface area contributed by atoms with Crippen LogP contribution in [-0.4, -0.2) is 58.2 Å². The number of benzene rings is 1. The molecule has 0 radical (unpaired) electrons. The third-order valence-corrected chi connectivity index (χ3v) is 5.89. The number of para-hydroxylation sites is 1. The number of nitrogens with zero attached hydrogens (tertiary/aromatic N) is 2. The minimum atomic E-state index is -0.533. The first-order chi connectivity index (χ1) is 14.8. The molecule has 1 aromatic carbocycles. The highest BCUT2D eigenvalue weighted by atomic mass is 32.2. The summed E-state index contributed by atoms with van der Waals surface area (Å²) in [6, 6.07) is 12.2. The molecule has 3 rings (SSSR count). The highest BCUT2D eigenvalue weighted by molar-refractivity contribution is 8.00. The summed E-state index contributed by atoms with van der Waals surface area (Å²) < 4.78 is 5.31. The van der Waals surface area contributed by atoms with Crippen molar-refractivity contribution in [2.75, 3.05) is 25.4 Å². The van der Waals surface area contributed by atoms with Gasteiger partial charge in [-0.3, -0.25) is 9.78 Å². The van der Waals surface area contributed by atoms with Crippen LogP contribution in [0, 0.1) is 0 Å². The zero-order valence-electron chi connectivity index (χ0n) is 18.5. The molecular formula is C23H32N4O3S. The highest BCUT2D eigenvalue weighted by Crippen LogP contribution is 2.18. The number of pyridine rings is 1. The fourth-order valence-electron chi connectivity index (χ4n) is 3.35. The predicted octanol–water partition coefficient (Wildman–Crippen LogP) is 3.53. The van der Waals surface area contributed by atoms with E-state index < -0.39 is 11.7 Å². The van der Waals surface area contributed by atoms with E-state index in [1.54, 1.807) is 11.8 Å². The molecule has 1 atom stereocenters. The van der Waals surface area contributed by atoms with Crippen molar-refractivity contribution in [3.05, 3.63) is 42.1 Å². The Balaban J connectivity index is 1.35. The molecule has 0 unspecified atom stereocenters. The summed E-state index contributed by atoms with van der Waals surface area (Å²) in [6.07, 6.45) is 0.813. The fraction of sp³-hybridized carbons (Fsp3) is 0.522. The molecule has 1 aromatic heterocycles. The summed E-state index contributed by atoms with van der Waals surface area (Å²) in [6.45, 7) is 8.16. The van der Waals surface area contributed by atoms with E-state index in [-0.39, 0.29) is 11.3 Å². The van der Waals surface area contributed by atoms with Gasteiger partial charge in [-0.1, -0.05) is 24.3 Å². The quantitative estimate of drug-likeness (QED) is 0.636. The van der Waals surface area contributed by atoms with Crippen molar-refractivity contribution in [2.24, 2.45) is 0 Å². The van der Waals surface area contributed by atoms with Gasteiger partial charge in [0, 0.05) is 30.6 Å². The number of hydrogen-bond acceptors (Lipinski definition) is 6. The van der Waals surface area contributed by atoms with Crippen LogP contribution >= 0.6 is 11.8 Å². The van der Waals surface area contributed by atoms with E-state index in [1.165, 1.54) is 0 Å². The van der Waals surface area contributed by atoms with Crippen LogP contribution in [0.5, 0.6) is 0 Å². The fourth-order valence-corrected chi connectivity index (χ4v) is 4.42. The molecule has 1 aliphatic rings. The summed E-state index contributed by atoms with van der Waals surface area (Å²) in [5, 5.41) is 7.23. The van der Waals surface area contributed by atoms with Crippen molar-refractivity contribution in [3.8, 4) is 0 Å². The third-order valence-electron chi connectivity index (χ3n) is 4.80. The highest BCUT2D eigenvalue weighted by Gasteiger charge is 2.26. The van der Waals surface area contributed by atoms with Crippen molar-refractivity contribution >= 4 is 34.7 Å². The van der Waals surface area contributed by atoms with Gasteiger partial charge in [-0.25, -0.2) is 4.79 Å². The molecule has 168 valence electrons. The number of alkyl carbamates (subject to hydrolysis) is 1. The number of rotatable bonds is 7. The number of thioether (sulfide) groups is 1. The van der Waals surface area contributed by atoms with E-state index >= 15 is 0 Å². The van der Waals surface area contributed by atoms with Gasteiger partial charge < -0.3 is 20.3 Å². The largest absolute Gasteiger partial charge is 0.444 e. The zero-order chi connectivity index (χ0) is 22.3. The Bertz CT molecular complexity index is 900. The number of hydrogen-bond donors (Lipinski definition) is 2. The predicted molar refractivity (Wildman–Crippen MR) is 125 cm³/mol. The molecule has 7 nitrogen and oxygen atoms in total. The van der Waals surface area contributed by atoms with Crippen LogP contribution in [0.3, 0.4) is 0 Å². The summed E-state index contributed by atoms with van der Waals surface area (Å²) in [5.74, 6) is 0.930. The van der Waals surface area contributed by atoms with Crippen molar-refractivity contribution in [3.63, 3.8) is 0 Å². The second kappa shape index (κ2) is 10.8. The van der Waals surface area contributed by atoms with E-state index in [4.69, 9.17) is 4.74 Å². The monoisotopic (exact) mass is 444 g/mol. The van der Waals surface area contributed by atoms with E-state index in [2.05, 4.69) is 27.8 Å². The van der Waals surface area contributed by atoms with Gasteiger partial charge in [-0.05, 0) is 45.9 Å². The molecule has 2 N–H and O–H groups in total. The molecule has 2 heterocycles. The standard InChI is InChI=1S/C23H32N4O3S/c1-23(2,3)30-22(29)26-20-16-27(13-14-31-20)21(28)9-6-12-24-15-18-11-10-17-7-4-5-8-19(17)25-18/h4-5,7-8,10-11,20,24H,6,9,12-16H2,1-3H3,(H,26,29)/t20-/m0/s1. The van der Waals surface area contributed by atoms with Gasteiger partial charge in [0.05, 0.1) is 23.1 Å². The van der Waals surface area contributed by atoms with Crippen LogP contribution in [-0.2, 0) is 16.1 Å². The number of fused-ring (bicyclic) bond motifs is 1. The lowest BCUT2D eigenvalue weighted by Gasteiger charge is -2.33. The first-order valence-corrected chi connectivity index (χ1v) is 11.8. The summed E-state index contributed by atoms with van der Waals surface area (Å²) in [7, 11) is 0. The van der Waals surface area contributed by atoms with Gasteiger partial charge in [-0.2, -0.15) is 0 Å². The van der Waals surface area contributed by atoms with Crippen molar-refractivity contribution in [1.29, 1.82) is 0 Å². The van der Waals surface area contributed by atoms with Crippen molar-refractivity contribution in [1.82, 2.24) is 20.5 Å². The molecule has 0 aliphatic carbocycles. The van der Waals surface area contributed by atoms with Crippen LogP contribution in [0.15, 0.2) is 36.4 Å². The Morgan fingerprint density at radius 2 is 2.03 bits per heavy atom. The summed E-state index contributed by atoms with van der Waals surface area (Å²) >= 11 is 1.64. The van der Waals surface area contributed by atoms with Crippen LogP contribution < -0.4 is 10.6 Å². The number of carbonyl (C=O) groups is 2. The van der Waals surface area contributed by atoms with Gasteiger partial charge >= 0.3 is 6.09 Å². The molecular weight excluding hydrogens is 412 g/mol. The minimum Gasteiger partial charge on any atom is -0.444 e. The maximum absolute atomic E-state index is 12.6. The van der Waals surface area contributed by atoms with E-state index in [9.17, 15) is 9.59 Å². The van der Waals surface area contributed by atoms with Gasteiger partial charge in [-0.15, -0.1) is 11.8 Å². The number of nitrogens with one attached hydrogen (secondary N) is 2. The zero-order valence-corrected chi connectivity index (χ0v) is 19.3. The average Bonchev–Trinajstić information content (AvgIpc) is 2.72. The number of amides is 2. The maximum atomic E-state index is 12.6. The van der Waals surface area contributed by atoms with E-state index in [1.807, 2.05) is 49.9 Å².